The third kappa shape index (κ3) is 2.07. The maximum atomic E-state index is 5.20. The lowest BCUT2D eigenvalue weighted by molar-refractivity contribution is 0.680. The van der Waals surface area contributed by atoms with Crippen LogP contribution in [-0.4, -0.2) is 15.9 Å². The van der Waals surface area contributed by atoms with Gasteiger partial charge in [0.15, 0.2) is 0 Å². The molecule has 2 rings (SSSR count). The van der Waals surface area contributed by atoms with Crippen LogP contribution in [0.4, 0.5) is 0 Å². The van der Waals surface area contributed by atoms with E-state index in [1.165, 1.54) is 5.69 Å². The van der Waals surface area contributed by atoms with Crippen LogP contribution >= 0.6 is 0 Å². The van der Waals surface area contributed by atoms with E-state index in [1.54, 1.807) is 0 Å². The molecule has 0 amide bonds. The van der Waals surface area contributed by atoms with Crippen LogP contribution in [-0.2, 0) is 6.54 Å². The molecule has 1 N–H and O–H groups in total. The maximum absolute atomic E-state index is 5.20. The Morgan fingerprint density at radius 2 is 2.38 bits per heavy atom. The summed E-state index contributed by atoms with van der Waals surface area (Å²) in [5.41, 5.74) is 3.26. The number of nitrogens with zero attached hydrogens (tertiary/aromatic N) is 2. The van der Waals surface area contributed by atoms with Crippen molar-refractivity contribution in [3.05, 3.63) is 35.8 Å². The van der Waals surface area contributed by atoms with Crippen LogP contribution in [0.15, 0.2) is 24.4 Å². The van der Waals surface area contributed by atoms with Gasteiger partial charge in [-0.2, -0.15) is 0 Å². The smallest absolute Gasteiger partial charge is 0.137 e. The van der Waals surface area contributed by atoms with Crippen molar-refractivity contribution in [2.45, 2.75) is 19.9 Å². The number of aromatic nitrogens is 2. The molecular formula is C13H15N3. The molecule has 0 aliphatic carbocycles. The predicted molar refractivity (Wildman–Crippen MR) is 65.1 cm³/mol. The molecule has 2 heterocycles. The summed E-state index contributed by atoms with van der Waals surface area (Å²) < 4.78 is 2.11. The number of pyridine rings is 1. The third-order valence-electron chi connectivity index (χ3n) is 2.57. The Morgan fingerprint density at radius 1 is 1.50 bits per heavy atom. The first kappa shape index (κ1) is 10.7. The van der Waals surface area contributed by atoms with Crippen LogP contribution in [0.1, 0.15) is 17.8 Å². The summed E-state index contributed by atoms with van der Waals surface area (Å²) in [4.78, 5) is 4.49. The van der Waals surface area contributed by atoms with Crippen LogP contribution in [0, 0.1) is 19.3 Å². The Hall–Kier alpha value is -1.79. The second-order valence-electron chi connectivity index (χ2n) is 3.70. The summed E-state index contributed by atoms with van der Waals surface area (Å²) in [6.45, 7) is 3.68. The predicted octanol–water partition coefficient (Wildman–Crippen LogP) is 1.76. The molecule has 0 unspecified atom stereocenters. The SMILES string of the molecule is C#CCCNCc1c(C)nc2ccccn12. The Morgan fingerprint density at radius 3 is 3.19 bits per heavy atom. The van der Waals surface area contributed by atoms with Crippen LogP contribution < -0.4 is 5.32 Å². The van der Waals surface area contributed by atoms with E-state index < -0.39 is 0 Å². The molecule has 0 saturated carbocycles. The Bertz CT molecular complexity index is 519. The van der Waals surface area contributed by atoms with Gasteiger partial charge < -0.3 is 9.72 Å². The van der Waals surface area contributed by atoms with Crippen molar-refractivity contribution in [2.75, 3.05) is 6.54 Å². The van der Waals surface area contributed by atoms with Gasteiger partial charge in [0.25, 0.3) is 0 Å². The van der Waals surface area contributed by atoms with E-state index in [1.807, 2.05) is 31.3 Å². The van der Waals surface area contributed by atoms with Gasteiger partial charge in [0, 0.05) is 25.7 Å². The van der Waals surface area contributed by atoms with Gasteiger partial charge in [-0.15, -0.1) is 12.3 Å². The van der Waals surface area contributed by atoms with Crippen molar-refractivity contribution in [1.82, 2.24) is 14.7 Å². The summed E-state index contributed by atoms with van der Waals surface area (Å²) in [5, 5.41) is 3.32. The number of hydrogen-bond acceptors (Lipinski definition) is 2. The first-order chi connectivity index (χ1) is 7.83. The van der Waals surface area contributed by atoms with Crippen LogP contribution in [0.3, 0.4) is 0 Å². The van der Waals surface area contributed by atoms with Crippen molar-refractivity contribution in [1.29, 1.82) is 0 Å². The fourth-order valence-corrected chi connectivity index (χ4v) is 1.74. The Balaban J connectivity index is 2.17. The van der Waals surface area contributed by atoms with Gasteiger partial charge in [0.05, 0.1) is 11.4 Å². The van der Waals surface area contributed by atoms with Gasteiger partial charge in [0.2, 0.25) is 0 Å². The van der Waals surface area contributed by atoms with Gasteiger partial charge in [-0.25, -0.2) is 4.98 Å². The number of hydrogen-bond donors (Lipinski definition) is 1. The van der Waals surface area contributed by atoms with Gasteiger partial charge in [0.1, 0.15) is 5.65 Å². The minimum atomic E-state index is 0.760. The summed E-state index contributed by atoms with van der Waals surface area (Å²) >= 11 is 0. The monoisotopic (exact) mass is 213 g/mol. The molecule has 3 nitrogen and oxygen atoms in total. The summed E-state index contributed by atoms with van der Waals surface area (Å²) in [6.07, 6.45) is 8.00. The molecular weight excluding hydrogens is 198 g/mol. The Labute approximate surface area is 95.5 Å². The standard InChI is InChI=1S/C13H15N3/c1-3-4-8-14-10-12-11(2)15-13-7-5-6-9-16(12)13/h1,5-7,9,14H,4,8,10H2,2H3. The number of terminal acetylenes is 1. The molecule has 0 atom stereocenters. The van der Waals surface area contributed by atoms with Crippen molar-refractivity contribution in [3.8, 4) is 12.3 Å². The lowest BCUT2D eigenvalue weighted by Gasteiger charge is -2.03. The minimum Gasteiger partial charge on any atom is -0.310 e. The highest BCUT2D eigenvalue weighted by molar-refractivity contribution is 5.42. The zero-order chi connectivity index (χ0) is 11.4. The van der Waals surface area contributed by atoms with Crippen LogP contribution in [0.5, 0.6) is 0 Å². The first-order valence-electron chi connectivity index (χ1n) is 5.39. The van der Waals surface area contributed by atoms with E-state index >= 15 is 0 Å². The second kappa shape index (κ2) is 4.82. The van der Waals surface area contributed by atoms with Crippen molar-refractivity contribution < 1.29 is 0 Å². The molecule has 16 heavy (non-hydrogen) atoms. The minimum absolute atomic E-state index is 0.760. The van der Waals surface area contributed by atoms with Gasteiger partial charge in [-0.1, -0.05) is 6.07 Å². The lowest BCUT2D eigenvalue weighted by atomic mass is 10.3. The molecule has 0 aliphatic rings. The third-order valence-corrected chi connectivity index (χ3v) is 2.57. The normalized spacial score (nSPS) is 10.5. The topological polar surface area (TPSA) is 29.3 Å². The number of rotatable bonds is 4. The average Bonchev–Trinajstić information content (AvgIpc) is 2.61. The van der Waals surface area contributed by atoms with Gasteiger partial charge >= 0.3 is 0 Å². The van der Waals surface area contributed by atoms with Crippen LogP contribution in [0.2, 0.25) is 0 Å². The number of aryl methyl sites for hydroxylation is 1. The molecule has 2 aromatic rings. The van der Waals surface area contributed by atoms with E-state index in [9.17, 15) is 0 Å². The molecule has 0 radical (unpaired) electrons. The second-order valence-corrected chi connectivity index (χ2v) is 3.70. The van der Waals surface area contributed by atoms with Crippen LogP contribution in [0.25, 0.3) is 5.65 Å². The molecule has 0 spiro atoms. The zero-order valence-corrected chi connectivity index (χ0v) is 9.40. The Kier molecular flexibility index (Phi) is 3.23. The van der Waals surface area contributed by atoms with Crippen molar-refractivity contribution >= 4 is 5.65 Å². The molecule has 0 aliphatic heterocycles. The van der Waals surface area contributed by atoms with E-state index in [0.717, 1.165) is 30.9 Å². The molecule has 2 aromatic heterocycles. The first-order valence-corrected chi connectivity index (χ1v) is 5.39. The summed E-state index contributed by atoms with van der Waals surface area (Å²) in [7, 11) is 0. The number of nitrogens with one attached hydrogen (secondary N) is 1. The molecule has 3 heteroatoms. The number of imidazole rings is 1. The summed E-state index contributed by atoms with van der Waals surface area (Å²) in [6, 6.07) is 6.02. The highest BCUT2D eigenvalue weighted by Crippen LogP contribution is 2.11. The molecule has 0 saturated heterocycles. The molecule has 0 bridgehead atoms. The highest BCUT2D eigenvalue weighted by atomic mass is 15.0. The van der Waals surface area contributed by atoms with E-state index in [4.69, 9.17) is 6.42 Å². The fraction of sp³-hybridized carbons (Fsp3) is 0.308. The average molecular weight is 213 g/mol. The van der Waals surface area contributed by atoms with Crippen molar-refractivity contribution in [3.63, 3.8) is 0 Å². The van der Waals surface area contributed by atoms with E-state index in [-0.39, 0.29) is 0 Å². The largest absolute Gasteiger partial charge is 0.310 e. The number of fused-ring (bicyclic) bond motifs is 1. The highest BCUT2D eigenvalue weighted by Gasteiger charge is 2.06. The van der Waals surface area contributed by atoms with Gasteiger partial charge in [-0.05, 0) is 19.1 Å². The van der Waals surface area contributed by atoms with E-state index in [0.29, 0.717) is 0 Å². The van der Waals surface area contributed by atoms with Gasteiger partial charge in [-0.3, -0.25) is 0 Å². The quantitative estimate of drug-likeness (QED) is 0.619. The molecule has 0 fully saturated rings. The summed E-state index contributed by atoms with van der Waals surface area (Å²) in [5.74, 6) is 2.61. The molecule has 0 aromatic carbocycles. The zero-order valence-electron chi connectivity index (χ0n) is 9.40. The maximum Gasteiger partial charge on any atom is 0.137 e. The molecule has 82 valence electrons. The van der Waals surface area contributed by atoms with Crippen molar-refractivity contribution in [2.24, 2.45) is 0 Å². The fourth-order valence-electron chi connectivity index (χ4n) is 1.74. The lowest BCUT2D eigenvalue weighted by Crippen LogP contribution is -2.16. The van der Waals surface area contributed by atoms with E-state index in [2.05, 4.69) is 20.6 Å².